The number of hydrogen-bond donors (Lipinski definition) is 2. The van der Waals surface area contributed by atoms with E-state index in [4.69, 9.17) is 0 Å². The van der Waals surface area contributed by atoms with E-state index in [1.807, 2.05) is 13.0 Å². The molecule has 0 saturated carbocycles. The zero-order valence-corrected chi connectivity index (χ0v) is 21.3. The van der Waals surface area contributed by atoms with Gasteiger partial charge in [-0.25, -0.2) is 26.9 Å². The Morgan fingerprint density at radius 2 is 1.89 bits per heavy atom. The molecule has 0 radical (unpaired) electrons. The maximum Gasteiger partial charge on any atom is 0.261 e. The SMILES string of the molecule is Cc1cccc(S(=O)(=O)Nc2ccc3c(cnn3[C@H](C)[C@](O)(Cn3cncn3)c3ccc(F)cc3F)c2)c1. The molecule has 0 spiro atoms. The normalized spacial score (nSPS) is 14.3. The van der Waals surface area contributed by atoms with Crippen molar-refractivity contribution in [3.63, 3.8) is 0 Å². The van der Waals surface area contributed by atoms with Crippen molar-refractivity contribution < 1.29 is 22.3 Å². The van der Waals surface area contributed by atoms with E-state index in [2.05, 4.69) is 19.9 Å². The first-order chi connectivity index (χ1) is 18.1. The van der Waals surface area contributed by atoms with Gasteiger partial charge in [0.2, 0.25) is 0 Å². The van der Waals surface area contributed by atoms with Crippen molar-refractivity contribution in [2.24, 2.45) is 0 Å². The summed E-state index contributed by atoms with van der Waals surface area (Å²) < 4.78 is 59.7. The minimum absolute atomic E-state index is 0.131. The summed E-state index contributed by atoms with van der Waals surface area (Å²) in [7, 11) is -3.82. The second-order valence-electron chi connectivity index (χ2n) is 9.10. The summed E-state index contributed by atoms with van der Waals surface area (Å²) in [6.45, 7) is 3.27. The molecule has 38 heavy (non-hydrogen) atoms. The largest absolute Gasteiger partial charge is 0.381 e. The Kier molecular flexibility index (Phi) is 6.45. The standard InChI is InChI=1S/C26H24F2N6O3S/c1-17-4-3-5-22(10-17)38(36,37)32-21-7-9-25-19(11-21)13-30-34(25)18(2)26(35,14-33-16-29-15-31-33)23-8-6-20(27)12-24(23)28/h3-13,15-16,18,32,35H,14H2,1-2H3/t18-,26-/m1/s1. The van der Waals surface area contributed by atoms with Crippen LogP contribution in [-0.4, -0.2) is 38.1 Å². The molecular weight excluding hydrogens is 514 g/mol. The van der Waals surface area contributed by atoms with Gasteiger partial charge in [-0.2, -0.15) is 10.2 Å². The van der Waals surface area contributed by atoms with Crippen molar-refractivity contribution in [3.05, 3.63) is 102 Å². The van der Waals surface area contributed by atoms with Gasteiger partial charge in [0.15, 0.2) is 0 Å². The van der Waals surface area contributed by atoms with E-state index in [1.54, 1.807) is 37.3 Å². The Balaban J connectivity index is 1.51. The number of benzene rings is 3. The van der Waals surface area contributed by atoms with Gasteiger partial charge >= 0.3 is 0 Å². The smallest absolute Gasteiger partial charge is 0.261 e. The monoisotopic (exact) mass is 538 g/mol. The van der Waals surface area contributed by atoms with Crippen LogP contribution < -0.4 is 4.72 Å². The van der Waals surface area contributed by atoms with Gasteiger partial charge in [0.1, 0.15) is 29.9 Å². The number of anilines is 1. The molecule has 196 valence electrons. The van der Waals surface area contributed by atoms with E-state index >= 15 is 0 Å². The maximum atomic E-state index is 14.9. The summed E-state index contributed by atoms with van der Waals surface area (Å²) in [6.07, 6.45) is 4.19. The molecule has 0 aliphatic heterocycles. The summed E-state index contributed by atoms with van der Waals surface area (Å²) in [5, 5.41) is 20.9. The Hall–Kier alpha value is -4.16. The molecule has 9 nitrogen and oxygen atoms in total. The van der Waals surface area contributed by atoms with Crippen molar-refractivity contribution in [2.75, 3.05) is 4.72 Å². The molecule has 2 atom stereocenters. The number of nitrogens with one attached hydrogen (secondary N) is 1. The summed E-state index contributed by atoms with van der Waals surface area (Å²) in [6, 6.07) is 13.5. The molecule has 2 heterocycles. The topological polar surface area (TPSA) is 115 Å². The number of rotatable bonds is 8. The Morgan fingerprint density at radius 1 is 1.08 bits per heavy atom. The minimum Gasteiger partial charge on any atom is -0.381 e. The summed E-state index contributed by atoms with van der Waals surface area (Å²) in [5.41, 5.74) is -0.331. The van der Waals surface area contributed by atoms with Gasteiger partial charge in [-0.3, -0.25) is 9.40 Å². The van der Waals surface area contributed by atoms with Gasteiger partial charge in [-0.15, -0.1) is 0 Å². The number of nitrogens with zero attached hydrogens (tertiary/aromatic N) is 5. The quantitative estimate of drug-likeness (QED) is 0.307. The molecule has 0 aliphatic carbocycles. The van der Waals surface area contributed by atoms with Crippen LogP contribution in [0.2, 0.25) is 0 Å². The van der Waals surface area contributed by atoms with Crippen LogP contribution in [0.15, 0.2) is 84.4 Å². The highest BCUT2D eigenvalue weighted by Gasteiger charge is 2.41. The zero-order valence-electron chi connectivity index (χ0n) is 20.5. The van der Waals surface area contributed by atoms with Gasteiger partial charge in [-0.1, -0.05) is 18.2 Å². The molecule has 0 aliphatic rings. The van der Waals surface area contributed by atoms with Crippen molar-refractivity contribution in [3.8, 4) is 0 Å². The maximum absolute atomic E-state index is 14.9. The second-order valence-corrected chi connectivity index (χ2v) is 10.8. The van der Waals surface area contributed by atoms with Crippen molar-refractivity contribution in [1.29, 1.82) is 0 Å². The van der Waals surface area contributed by atoms with Crippen LogP contribution in [0.1, 0.15) is 24.1 Å². The number of aromatic nitrogens is 5. The third-order valence-electron chi connectivity index (χ3n) is 6.47. The number of hydrogen-bond acceptors (Lipinski definition) is 6. The first-order valence-corrected chi connectivity index (χ1v) is 13.1. The molecule has 0 unspecified atom stereocenters. The van der Waals surface area contributed by atoms with Crippen molar-refractivity contribution in [1.82, 2.24) is 24.5 Å². The molecule has 5 aromatic rings. The van der Waals surface area contributed by atoms with E-state index in [-0.39, 0.29) is 17.0 Å². The fourth-order valence-electron chi connectivity index (χ4n) is 4.47. The Morgan fingerprint density at radius 3 is 2.61 bits per heavy atom. The zero-order chi connectivity index (χ0) is 27.1. The molecule has 0 bridgehead atoms. The Bertz CT molecular complexity index is 1720. The van der Waals surface area contributed by atoms with E-state index in [0.29, 0.717) is 22.7 Å². The fraction of sp³-hybridized carbons (Fsp3) is 0.192. The summed E-state index contributed by atoms with van der Waals surface area (Å²) in [5.74, 6) is -1.68. The van der Waals surface area contributed by atoms with E-state index in [9.17, 15) is 22.3 Å². The van der Waals surface area contributed by atoms with Crippen LogP contribution in [0.4, 0.5) is 14.5 Å². The lowest BCUT2D eigenvalue weighted by molar-refractivity contribution is -0.0354. The lowest BCUT2D eigenvalue weighted by Gasteiger charge is -2.35. The van der Waals surface area contributed by atoms with Gasteiger partial charge < -0.3 is 5.11 Å². The predicted molar refractivity (Wildman–Crippen MR) is 137 cm³/mol. The highest BCUT2D eigenvalue weighted by atomic mass is 32.2. The average molecular weight is 539 g/mol. The van der Waals surface area contributed by atoms with Crippen molar-refractivity contribution in [2.45, 2.75) is 36.9 Å². The van der Waals surface area contributed by atoms with Gasteiger partial charge in [0, 0.05) is 22.7 Å². The number of halogens is 2. The third kappa shape index (κ3) is 4.75. The van der Waals surface area contributed by atoms with Crippen molar-refractivity contribution >= 4 is 26.6 Å². The van der Waals surface area contributed by atoms with Crippen LogP contribution in [0.3, 0.4) is 0 Å². The van der Waals surface area contributed by atoms with Crippen LogP contribution in [0, 0.1) is 18.6 Å². The average Bonchev–Trinajstić information content (AvgIpc) is 3.52. The lowest BCUT2D eigenvalue weighted by atomic mass is 9.86. The number of aryl methyl sites for hydroxylation is 1. The van der Waals surface area contributed by atoms with E-state index in [0.717, 1.165) is 11.6 Å². The molecule has 0 fully saturated rings. The van der Waals surface area contributed by atoms with Gasteiger partial charge in [-0.05, 0) is 55.8 Å². The van der Waals surface area contributed by atoms with Crippen LogP contribution in [0.5, 0.6) is 0 Å². The fourth-order valence-corrected chi connectivity index (χ4v) is 5.62. The number of fused-ring (bicyclic) bond motifs is 1. The van der Waals surface area contributed by atoms with Crippen LogP contribution in [-0.2, 0) is 22.2 Å². The van der Waals surface area contributed by atoms with Gasteiger partial charge in [0.05, 0.1) is 29.2 Å². The Labute approximate surface area is 217 Å². The van der Waals surface area contributed by atoms with Crippen LogP contribution >= 0.6 is 0 Å². The molecule has 0 saturated heterocycles. The summed E-state index contributed by atoms with van der Waals surface area (Å²) in [4.78, 5) is 4.02. The number of aliphatic hydroxyl groups is 1. The highest BCUT2D eigenvalue weighted by Crippen LogP contribution is 2.38. The first-order valence-electron chi connectivity index (χ1n) is 11.6. The predicted octanol–water partition coefficient (Wildman–Crippen LogP) is 4.16. The molecule has 0 amide bonds. The summed E-state index contributed by atoms with van der Waals surface area (Å²) >= 11 is 0. The lowest BCUT2D eigenvalue weighted by Crippen LogP contribution is -2.41. The molecule has 2 N–H and O–H groups in total. The molecular formula is C26H24F2N6O3S. The molecule has 2 aromatic heterocycles. The number of sulfonamides is 1. The first kappa shape index (κ1) is 25.5. The minimum atomic E-state index is -3.82. The molecule has 12 heteroatoms. The van der Waals surface area contributed by atoms with E-state index < -0.39 is 33.3 Å². The third-order valence-corrected chi connectivity index (χ3v) is 7.85. The molecule has 3 aromatic carbocycles. The van der Waals surface area contributed by atoms with E-state index in [1.165, 1.54) is 40.3 Å². The molecule has 5 rings (SSSR count). The highest BCUT2D eigenvalue weighted by molar-refractivity contribution is 7.92. The second kappa shape index (κ2) is 9.62. The van der Waals surface area contributed by atoms with Gasteiger partial charge in [0.25, 0.3) is 10.0 Å². The van der Waals surface area contributed by atoms with Crippen LogP contribution in [0.25, 0.3) is 10.9 Å².